The number of aryl methyl sites for hydroxylation is 3. The first-order valence-corrected chi connectivity index (χ1v) is 10.2. The number of thiazole rings is 1. The van der Waals surface area contributed by atoms with E-state index in [9.17, 15) is 4.79 Å². The van der Waals surface area contributed by atoms with Crippen molar-refractivity contribution in [3.8, 4) is 5.19 Å². The van der Waals surface area contributed by atoms with Crippen LogP contribution in [0.25, 0.3) is 10.2 Å². The Morgan fingerprint density at radius 1 is 1.30 bits per heavy atom. The number of carbonyl (C=O) groups excluding carboxylic acids is 1. The second-order valence-electron chi connectivity index (χ2n) is 7.00. The molecule has 0 saturated carbocycles. The quantitative estimate of drug-likeness (QED) is 0.686. The highest BCUT2D eigenvalue weighted by Crippen LogP contribution is 2.31. The van der Waals surface area contributed by atoms with Crippen molar-refractivity contribution in [2.24, 2.45) is 0 Å². The highest BCUT2D eigenvalue weighted by molar-refractivity contribution is 7.20. The van der Waals surface area contributed by atoms with Crippen LogP contribution in [0.2, 0.25) is 0 Å². The van der Waals surface area contributed by atoms with Crippen LogP contribution in [0.1, 0.15) is 41.5 Å². The lowest BCUT2D eigenvalue weighted by Gasteiger charge is -2.31. The molecule has 0 spiro atoms. The molecule has 4 rings (SSSR count). The molecule has 3 heterocycles. The van der Waals surface area contributed by atoms with Crippen LogP contribution in [-0.4, -0.2) is 44.8 Å². The molecule has 2 aromatic heterocycles. The zero-order chi connectivity index (χ0) is 19.0. The maximum Gasteiger partial charge on any atom is 0.274 e. The van der Waals surface area contributed by atoms with Gasteiger partial charge >= 0.3 is 0 Å². The molecule has 6 nitrogen and oxygen atoms in total. The van der Waals surface area contributed by atoms with E-state index in [0.29, 0.717) is 18.8 Å². The molecule has 0 unspecified atom stereocenters. The molecule has 1 aliphatic heterocycles. The fraction of sp³-hybridized carbons (Fsp3) is 0.450. The van der Waals surface area contributed by atoms with Crippen LogP contribution in [0.4, 0.5) is 0 Å². The lowest BCUT2D eigenvalue weighted by Crippen LogP contribution is -2.42. The number of carbonyl (C=O) groups is 1. The molecule has 1 aromatic carbocycles. The van der Waals surface area contributed by atoms with Crippen molar-refractivity contribution in [2.45, 2.75) is 46.3 Å². The van der Waals surface area contributed by atoms with Gasteiger partial charge in [-0.05, 0) is 38.5 Å². The molecule has 7 heteroatoms. The lowest BCUT2D eigenvalue weighted by molar-refractivity contribution is 0.0589. The maximum absolute atomic E-state index is 12.7. The minimum Gasteiger partial charge on any atom is -0.467 e. The lowest BCUT2D eigenvalue weighted by atomic mass is 10.1. The first kappa shape index (κ1) is 18.0. The highest BCUT2D eigenvalue weighted by atomic mass is 32.1. The summed E-state index contributed by atoms with van der Waals surface area (Å²) in [6.07, 6.45) is 1.73. The summed E-state index contributed by atoms with van der Waals surface area (Å²) in [5.41, 5.74) is 3.74. The number of hydrogen-bond donors (Lipinski definition) is 0. The minimum atomic E-state index is 0.0133. The molecule has 3 aromatic rings. The van der Waals surface area contributed by atoms with Crippen molar-refractivity contribution in [3.63, 3.8) is 0 Å². The number of ether oxygens (including phenoxy) is 1. The van der Waals surface area contributed by atoms with E-state index in [1.165, 1.54) is 5.56 Å². The molecular formula is C20H24N4O2S. The van der Waals surface area contributed by atoms with Gasteiger partial charge in [0.15, 0.2) is 5.69 Å². The van der Waals surface area contributed by atoms with Crippen molar-refractivity contribution < 1.29 is 9.53 Å². The maximum atomic E-state index is 12.7. The third-order valence-corrected chi connectivity index (χ3v) is 6.01. The van der Waals surface area contributed by atoms with Gasteiger partial charge in [-0.25, -0.2) is 4.98 Å². The third-order valence-electron chi connectivity index (χ3n) is 5.10. The predicted octanol–water partition coefficient (Wildman–Crippen LogP) is 3.81. The standard InChI is InChI=1S/C20H24N4O2S/c1-4-24-14(3)12-16(22-24)19(25)23-10-8-15(9-11-23)26-20-21-18-13(2)6-5-7-17(18)27-20/h5-7,12,15H,4,8-11H2,1-3H3. The fourth-order valence-corrected chi connectivity index (χ4v) is 4.49. The first-order valence-electron chi connectivity index (χ1n) is 9.41. The monoisotopic (exact) mass is 384 g/mol. The van der Waals surface area contributed by atoms with E-state index >= 15 is 0 Å². The van der Waals surface area contributed by atoms with Gasteiger partial charge in [-0.3, -0.25) is 9.48 Å². The van der Waals surface area contributed by atoms with E-state index in [1.807, 2.05) is 35.6 Å². The molecule has 1 amide bonds. The largest absolute Gasteiger partial charge is 0.467 e. The summed E-state index contributed by atoms with van der Waals surface area (Å²) in [5.74, 6) is 0.0133. The Balaban J connectivity index is 1.38. The highest BCUT2D eigenvalue weighted by Gasteiger charge is 2.27. The average Bonchev–Trinajstić information content (AvgIpc) is 3.25. The van der Waals surface area contributed by atoms with Gasteiger partial charge in [0.2, 0.25) is 0 Å². The van der Waals surface area contributed by atoms with Crippen LogP contribution in [0, 0.1) is 13.8 Å². The van der Waals surface area contributed by atoms with Crippen LogP contribution in [0.15, 0.2) is 24.3 Å². The first-order chi connectivity index (χ1) is 13.0. The van der Waals surface area contributed by atoms with Crippen LogP contribution < -0.4 is 4.74 Å². The number of likely N-dealkylation sites (tertiary alicyclic amines) is 1. The SMILES string of the molecule is CCn1nc(C(=O)N2CCC(Oc3nc4c(C)cccc4s3)CC2)cc1C. The summed E-state index contributed by atoms with van der Waals surface area (Å²) >= 11 is 1.59. The second kappa shape index (κ2) is 7.31. The van der Waals surface area contributed by atoms with Gasteiger partial charge in [0.25, 0.3) is 11.1 Å². The molecule has 27 heavy (non-hydrogen) atoms. The van der Waals surface area contributed by atoms with Crippen LogP contribution in [-0.2, 0) is 6.54 Å². The van der Waals surface area contributed by atoms with E-state index in [-0.39, 0.29) is 12.0 Å². The summed E-state index contributed by atoms with van der Waals surface area (Å²) in [6, 6.07) is 8.06. The number of benzene rings is 1. The van der Waals surface area contributed by atoms with Gasteiger partial charge in [-0.15, -0.1) is 0 Å². The molecule has 1 saturated heterocycles. The van der Waals surface area contributed by atoms with Gasteiger partial charge < -0.3 is 9.64 Å². The number of hydrogen-bond acceptors (Lipinski definition) is 5. The summed E-state index contributed by atoms with van der Waals surface area (Å²) in [6.45, 7) is 8.22. The Bertz CT molecular complexity index is 970. The molecular weight excluding hydrogens is 360 g/mol. The fourth-order valence-electron chi connectivity index (χ4n) is 3.53. The number of amides is 1. The Labute approximate surface area is 162 Å². The molecule has 1 aliphatic rings. The van der Waals surface area contributed by atoms with Crippen molar-refractivity contribution in [1.82, 2.24) is 19.7 Å². The third kappa shape index (κ3) is 3.56. The molecule has 142 valence electrons. The second-order valence-corrected chi connectivity index (χ2v) is 7.99. The van der Waals surface area contributed by atoms with Crippen molar-refractivity contribution in [2.75, 3.05) is 13.1 Å². The number of nitrogens with zero attached hydrogens (tertiary/aromatic N) is 4. The van der Waals surface area contributed by atoms with Crippen LogP contribution in [0.5, 0.6) is 5.19 Å². The topological polar surface area (TPSA) is 60.2 Å². The normalized spacial score (nSPS) is 15.4. The minimum absolute atomic E-state index is 0.0133. The molecule has 0 N–H and O–H groups in total. The van der Waals surface area contributed by atoms with Gasteiger partial charge in [0, 0.05) is 38.2 Å². The molecule has 0 radical (unpaired) electrons. The zero-order valence-electron chi connectivity index (χ0n) is 15.9. The summed E-state index contributed by atoms with van der Waals surface area (Å²) in [4.78, 5) is 19.2. The van der Waals surface area contributed by atoms with Crippen molar-refractivity contribution >= 4 is 27.5 Å². The molecule has 0 bridgehead atoms. The smallest absolute Gasteiger partial charge is 0.274 e. The molecule has 0 atom stereocenters. The Morgan fingerprint density at radius 3 is 2.74 bits per heavy atom. The van der Waals surface area contributed by atoms with Crippen molar-refractivity contribution in [3.05, 3.63) is 41.2 Å². The number of piperidine rings is 1. The molecule has 1 fully saturated rings. The zero-order valence-corrected chi connectivity index (χ0v) is 16.8. The molecule has 0 aliphatic carbocycles. The van der Waals surface area contributed by atoms with Crippen LogP contribution >= 0.6 is 11.3 Å². The average molecular weight is 385 g/mol. The van der Waals surface area contributed by atoms with E-state index < -0.39 is 0 Å². The summed E-state index contributed by atoms with van der Waals surface area (Å²) < 4.78 is 9.13. The number of fused-ring (bicyclic) bond motifs is 1. The van der Waals surface area contributed by atoms with Crippen molar-refractivity contribution in [1.29, 1.82) is 0 Å². The summed E-state index contributed by atoms with van der Waals surface area (Å²) in [5, 5.41) is 5.13. The van der Waals surface area contributed by atoms with E-state index in [4.69, 9.17) is 4.74 Å². The Hall–Kier alpha value is -2.41. The van der Waals surface area contributed by atoms with E-state index in [1.54, 1.807) is 11.3 Å². The van der Waals surface area contributed by atoms with Gasteiger partial charge in [0.05, 0.1) is 10.2 Å². The van der Waals surface area contributed by atoms with E-state index in [0.717, 1.165) is 40.5 Å². The predicted molar refractivity (Wildman–Crippen MR) is 107 cm³/mol. The number of para-hydroxylation sites is 1. The number of rotatable bonds is 4. The van der Waals surface area contributed by atoms with Gasteiger partial charge in [-0.2, -0.15) is 5.10 Å². The van der Waals surface area contributed by atoms with Crippen LogP contribution in [0.3, 0.4) is 0 Å². The number of aromatic nitrogens is 3. The van der Waals surface area contributed by atoms with Gasteiger partial charge in [0.1, 0.15) is 6.10 Å². The van der Waals surface area contributed by atoms with E-state index in [2.05, 4.69) is 29.1 Å². The Morgan fingerprint density at radius 2 is 2.07 bits per heavy atom. The van der Waals surface area contributed by atoms with Gasteiger partial charge in [-0.1, -0.05) is 23.5 Å². The Kier molecular flexibility index (Phi) is 4.86. The summed E-state index contributed by atoms with van der Waals surface area (Å²) in [7, 11) is 0.